The fourth-order valence-corrected chi connectivity index (χ4v) is 6.94. The number of amides is 3. The molecular weight excluding hydrogens is 514 g/mol. The van der Waals surface area contributed by atoms with Crippen molar-refractivity contribution in [1.82, 2.24) is 14.8 Å². The van der Waals surface area contributed by atoms with E-state index in [-0.39, 0.29) is 23.9 Å². The van der Waals surface area contributed by atoms with Gasteiger partial charge in [-0.2, -0.15) is 0 Å². The highest BCUT2D eigenvalue weighted by molar-refractivity contribution is 5.91. The number of fused-ring (bicyclic) bond motifs is 2. The first-order valence-electron chi connectivity index (χ1n) is 13.9. The maximum Gasteiger partial charge on any atom is 0.407 e. The van der Waals surface area contributed by atoms with E-state index in [1.807, 2.05) is 41.3 Å². The van der Waals surface area contributed by atoms with Gasteiger partial charge in [-0.3, -0.25) is 4.98 Å². The number of hydrogen-bond acceptors (Lipinski definition) is 3. The lowest BCUT2D eigenvalue weighted by atomic mass is 9.82. The molecule has 4 unspecified atom stereocenters. The van der Waals surface area contributed by atoms with Crippen LogP contribution >= 0.6 is 0 Å². The highest BCUT2D eigenvalue weighted by Gasteiger charge is 2.42. The van der Waals surface area contributed by atoms with Crippen LogP contribution in [0.15, 0.2) is 60.8 Å². The van der Waals surface area contributed by atoms with E-state index in [4.69, 9.17) is 4.98 Å². The molecule has 1 fully saturated rings. The van der Waals surface area contributed by atoms with Crippen LogP contribution in [0, 0.1) is 11.6 Å². The van der Waals surface area contributed by atoms with Crippen molar-refractivity contribution in [2.24, 2.45) is 0 Å². The summed E-state index contributed by atoms with van der Waals surface area (Å²) in [5.74, 6) is -2.18. The molecule has 0 saturated carbocycles. The molecule has 9 heteroatoms. The lowest BCUT2D eigenvalue weighted by Crippen LogP contribution is -2.55. The van der Waals surface area contributed by atoms with Crippen molar-refractivity contribution in [3.05, 3.63) is 94.8 Å². The van der Waals surface area contributed by atoms with E-state index in [1.54, 1.807) is 12.3 Å². The summed E-state index contributed by atoms with van der Waals surface area (Å²) < 4.78 is 28.9. The van der Waals surface area contributed by atoms with Crippen LogP contribution in [0.3, 0.4) is 0 Å². The van der Waals surface area contributed by atoms with Gasteiger partial charge in [0, 0.05) is 48.7 Å². The Morgan fingerprint density at radius 2 is 1.80 bits per heavy atom. The van der Waals surface area contributed by atoms with E-state index in [1.165, 1.54) is 11.0 Å². The summed E-state index contributed by atoms with van der Waals surface area (Å²) in [6.07, 6.45) is 4.09. The van der Waals surface area contributed by atoms with Gasteiger partial charge in [-0.25, -0.2) is 18.4 Å². The molecule has 0 bridgehead atoms. The molecule has 0 radical (unpaired) electrons. The number of carbonyl (C=O) groups is 2. The van der Waals surface area contributed by atoms with Crippen molar-refractivity contribution in [3.8, 4) is 0 Å². The monoisotopic (exact) mass is 546 g/mol. The summed E-state index contributed by atoms with van der Waals surface area (Å²) in [5, 5.41) is 13.2. The first-order chi connectivity index (χ1) is 19.4. The molecule has 4 atom stereocenters. The van der Waals surface area contributed by atoms with Crippen LogP contribution in [0.2, 0.25) is 0 Å². The fraction of sp³-hybridized carbons (Fsp3) is 0.387. The molecule has 1 aliphatic carbocycles. The number of carbonyl (C=O) groups excluding carboxylic acids is 1. The van der Waals surface area contributed by atoms with Gasteiger partial charge in [0.15, 0.2) is 11.6 Å². The summed E-state index contributed by atoms with van der Waals surface area (Å²) in [5.41, 5.74) is 3.97. The molecule has 2 N–H and O–H groups in total. The molecule has 3 aromatic rings. The number of urea groups is 1. The van der Waals surface area contributed by atoms with Crippen molar-refractivity contribution >= 4 is 17.8 Å². The number of rotatable bonds is 3. The molecule has 2 aliphatic heterocycles. The standard InChI is InChI=1S/C31H32F2N4O3/c32-25-8-3-7-23(28(25)33)20-10-11-24(29-21(17-20)6-4-14-34-29)27-18-22(13-16-37(27)31(39)40)36-15-12-19-5-1-2-9-26(19)35-30(36)38/h1-9,14,20,22,24,27H,10-13,15-18H2,(H,35,38)(H,39,40). The van der Waals surface area contributed by atoms with Crippen LogP contribution < -0.4 is 5.32 Å². The lowest BCUT2D eigenvalue weighted by molar-refractivity contribution is 0.0619. The number of nitrogens with one attached hydrogen (secondary N) is 1. The van der Waals surface area contributed by atoms with E-state index >= 15 is 0 Å². The molecule has 1 aromatic heterocycles. The van der Waals surface area contributed by atoms with Crippen LogP contribution in [-0.4, -0.2) is 57.2 Å². The van der Waals surface area contributed by atoms with Crippen LogP contribution in [0.5, 0.6) is 0 Å². The molecule has 3 amide bonds. The molecular formula is C31H32F2N4O3. The fourth-order valence-electron chi connectivity index (χ4n) is 6.94. The average Bonchev–Trinajstić information content (AvgIpc) is 3.25. The minimum absolute atomic E-state index is 0.137. The molecule has 1 saturated heterocycles. The number of halogens is 2. The number of nitrogens with zero attached hydrogens (tertiary/aromatic N) is 3. The molecule has 3 heterocycles. The van der Waals surface area contributed by atoms with E-state index in [0.29, 0.717) is 57.2 Å². The van der Waals surface area contributed by atoms with Gasteiger partial charge in [-0.15, -0.1) is 0 Å². The van der Waals surface area contributed by atoms with Gasteiger partial charge in [0.05, 0.1) is 0 Å². The Morgan fingerprint density at radius 3 is 2.65 bits per heavy atom. The number of anilines is 1. The van der Waals surface area contributed by atoms with Gasteiger partial charge in [-0.1, -0.05) is 36.4 Å². The van der Waals surface area contributed by atoms with E-state index in [2.05, 4.69) is 5.32 Å². The van der Waals surface area contributed by atoms with Gasteiger partial charge in [0.25, 0.3) is 0 Å². The molecule has 40 heavy (non-hydrogen) atoms. The molecule has 6 rings (SSSR count). The molecule has 0 spiro atoms. The Hall–Kier alpha value is -4.01. The Bertz CT molecular complexity index is 1430. The summed E-state index contributed by atoms with van der Waals surface area (Å²) in [7, 11) is 0. The van der Waals surface area contributed by atoms with E-state index in [0.717, 1.165) is 28.6 Å². The third-order valence-electron chi connectivity index (χ3n) is 8.90. The zero-order valence-corrected chi connectivity index (χ0v) is 22.1. The summed E-state index contributed by atoms with van der Waals surface area (Å²) in [6, 6.07) is 15.1. The second-order valence-corrected chi connectivity index (χ2v) is 11.0. The molecule has 2 aromatic carbocycles. The van der Waals surface area contributed by atoms with Crippen LogP contribution in [0.4, 0.5) is 24.1 Å². The van der Waals surface area contributed by atoms with Crippen molar-refractivity contribution in [3.63, 3.8) is 0 Å². The number of carboxylic acid groups (broad SMARTS) is 1. The van der Waals surface area contributed by atoms with Crippen molar-refractivity contribution in [2.75, 3.05) is 18.4 Å². The Labute approximate surface area is 231 Å². The van der Waals surface area contributed by atoms with E-state index < -0.39 is 23.8 Å². The van der Waals surface area contributed by atoms with Crippen molar-refractivity contribution in [1.29, 1.82) is 0 Å². The number of hydrogen-bond donors (Lipinski definition) is 2. The minimum atomic E-state index is -0.995. The predicted octanol–water partition coefficient (Wildman–Crippen LogP) is 6.16. The molecule has 7 nitrogen and oxygen atoms in total. The first-order valence-corrected chi connectivity index (χ1v) is 13.9. The van der Waals surface area contributed by atoms with Gasteiger partial charge < -0.3 is 20.2 Å². The Kier molecular flexibility index (Phi) is 7.12. The van der Waals surface area contributed by atoms with Gasteiger partial charge in [0.1, 0.15) is 0 Å². The third kappa shape index (κ3) is 4.89. The van der Waals surface area contributed by atoms with Crippen LogP contribution in [0.1, 0.15) is 59.9 Å². The highest BCUT2D eigenvalue weighted by Crippen LogP contribution is 2.43. The number of benzene rings is 2. The summed E-state index contributed by atoms with van der Waals surface area (Å²) >= 11 is 0. The van der Waals surface area contributed by atoms with Crippen molar-refractivity contribution < 1.29 is 23.5 Å². The summed E-state index contributed by atoms with van der Waals surface area (Å²) in [4.78, 5) is 33.8. The van der Waals surface area contributed by atoms with E-state index in [9.17, 15) is 23.5 Å². The first kappa shape index (κ1) is 26.2. The van der Waals surface area contributed by atoms with Gasteiger partial charge in [-0.05, 0) is 79.3 Å². The van der Waals surface area contributed by atoms with Crippen molar-refractivity contribution in [2.45, 2.75) is 62.4 Å². The minimum Gasteiger partial charge on any atom is -0.465 e. The normalized spacial score (nSPS) is 24.8. The van der Waals surface area contributed by atoms with Gasteiger partial charge >= 0.3 is 12.1 Å². The Morgan fingerprint density at radius 1 is 0.975 bits per heavy atom. The van der Waals surface area contributed by atoms with Gasteiger partial charge in [0.2, 0.25) is 0 Å². The number of pyridine rings is 1. The molecule has 3 aliphatic rings. The van der Waals surface area contributed by atoms with Crippen LogP contribution in [0.25, 0.3) is 0 Å². The Balaban J connectivity index is 1.30. The molecule has 208 valence electrons. The summed E-state index contributed by atoms with van der Waals surface area (Å²) in [6.45, 7) is 0.857. The smallest absolute Gasteiger partial charge is 0.407 e. The predicted molar refractivity (Wildman–Crippen MR) is 146 cm³/mol. The topological polar surface area (TPSA) is 85.8 Å². The highest BCUT2D eigenvalue weighted by atomic mass is 19.2. The number of piperidine rings is 1. The average molecular weight is 547 g/mol. The van der Waals surface area contributed by atoms with Crippen LogP contribution in [-0.2, 0) is 12.8 Å². The zero-order valence-electron chi connectivity index (χ0n) is 22.1. The zero-order chi connectivity index (χ0) is 27.8. The maximum absolute atomic E-state index is 14.8. The largest absolute Gasteiger partial charge is 0.465 e. The second-order valence-electron chi connectivity index (χ2n) is 11.0. The lowest BCUT2D eigenvalue weighted by Gasteiger charge is -2.45. The maximum atomic E-state index is 14.8. The number of para-hydroxylation sites is 1. The third-order valence-corrected chi connectivity index (χ3v) is 8.90. The SMILES string of the molecule is O=C1Nc2ccccc2CCN1C1CCN(C(=O)O)C(C2CCC(c3cccc(F)c3F)Cc3cccnc32)C1. The number of aromatic nitrogens is 1. The number of likely N-dealkylation sites (tertiary alicyclic amines) is 1. The quantitative estimate of drug-likeness (QED) is 0.385. The second kappa shape index (κ2) is 10.9.